The normalized spacial score (nSPS) is 12.2. The highest BCUT2D eigenvalue weighted by Crippen LogP contribution is 2.46. The summed E-state index contributed by atoms with van der Waals surface area (Å²) in [6.07, 6.45) is 0. The molecule has 0 atom stereocenters. The molecule has 48 heavy (non-hydrogen) atoms. The lowest BCUT2D eigenvalue weighted by molar-refractivity contribution is 0.669. The Morgan fingerprint density at radius 3 is 1.62 bits per heavy atom. The minimum atomic E-state index is 0.936. The Hall–Kier alpha value is -5.96. The molecule has 0 saturated carbocycles. The minimum Gasteiger partial charge on any atom is -0.456 e. The molecule has 0 aliphatic rings. The van der Waals surface area contributed by atoms with Gasteiger partial charge in [0.1, 0.15) is 11.2 Å². The van der Waals surface area contributed by atoms with Gasteiger partial charge in [-0.2, -0.15) is 0 Å². The molecule has 2 heteroatoms. The van der Waals surface area contributed by atoms with E-state index in [2.05, 4.69) is 152 Å². The molecule has 222 valence electrons. The smallest absolute Gasteiger partial charge is 0.136 e. The highest BCUT2D eigenvalue weighted by atomic mass is 32.1. The SMILES string of the molecule is c1ccc2cc(-c3c4ccccc4c(-c4ccc5sc6cc7cc8c(cc7cc6c5c4)oc4ccccc48)c4ccccc34)ccc2c1. The Morgan fingerprint density at radius 2 is 0.875 bits per heavy atom. The van der Waals surface area contributed by atoms with Crippen LogP contribution >= 0.6 is 11.3 Å². The standard InChI is InChI=1S/C46H26OS/c1-2-10-28-21-29(18-17-27(28)9-1)45-34-12-3-5-14-36(34)46(37-15-6-4-13-35(37)45)30-19-20-43-39(22-30)40-24-31-25-42-38(23-32(31)26-44(40)48-43)33-11-7-8-16-41(33)47-42/h1-26H. The Kier molecular flexibility index (Phi) is 5.32. The lowest BCUT2D eigenvalue weighted by Crippen LogP contribution is -1.91. The van der Waals surface area contributed by atoms with Gasteiger partial charge < -0.3 is 4.42 Å². The van der Waals surface area contributed by atoms with E-state index in [0.29, 0.717) is 0 Å². The summed E-state index contributed by atoms with van der Waals surface area (Å²) in [5.41, 5.74) is 6.95. The number of benzene rings is 9. The number of thiophene rings is 1. The second kappa shape index (κ2) is 9.78. The van der Waals surface area contributed by atoms with E-state index in [1.807, 2.05) is 17.4 Å². The summed E-state index contributed by atoms with van der Waals surface area (Å²) in [5.74, 6) is 0. The Balaban J connectivity index is 1.16. The molecule has 2 aromatic heterocycles. The zero-order valence-electron chi connectivity index (χ0n) is 25.8. The van der Waals surface area contributed by atoms with Gasteiger partial charge in [0.25, 0.3) is 0 Å². The van der Waals surface area contributed by atoms with Crippen LogP contribution in [0.1, 0.15) is 0 Å². The lowest BCUT2D eigenvalue weighted by atomic mass is 9.85. The first-order chi connectivity index (χ1) is 23.8. The van der Waals surface area contributed by atoms with Gasteiger partial charge >= 0.3 is 0 Å². The lowest BCUT2D eigenvalue weighted by Gasteiger charge is -2.18. The highest BCUT2D eigenvalue weighted by molar-refractivity contribution is 7.25. The van der Waals surface area contributed by atoms with E-state index in [9.17, 15) is 0 Å². The fraction of sp³-hybridized carbons (Fsp3) is 0. The van der Waals surface area contributed by atoms with E-state index in [1.165, 1.54) is 96.3 Å². The maximum Gasteiger partial charge on any atom is 0.136 e. The third kappa shape index (κ3) is 3.72. The third-order valence-electron chi connectivity index (χ3n) is 10.2. The van der Waals surface area contributed by atoms with Crippen molar-refractivity contribution < 1.29 is 4.42 Å². The van der Waals surface area contributed by atoms with E-state index >= 15 is 0 Å². The molecular weight excluding hydrogens is 601 g/mol. The summed E-state index contributed by atoms with van der Waals surface area (Å²) in [4.78, 5) is 0. The first-order valence-electron chi connectivity index (χ1n) is 16.4. The highest BCUT2D eigenvalue weighted by Gasteiger charge is 2.18. The average molecular weight is 627 g/mol. The van der Waals surface area contributed by atoms with Crippen LogP contribution < -0.4 is 0 Å². The number of hydrogen-bond donors (Lipinski definition) is 0. The second-order valence-corrected chi connectivity index (χ2v) is 13.9. The first-order valence-corrected chi connectivity index (χ1v) is 17.2. The molecule has 11 aromatic rings. The Bertz CT molecular complexity index is 3060. The van der Waals surface area contributed by atoms with E-state index in [1.54, 1.807) is 0 Å². The van der Waals surface area contributed by atoms with Crippen molar-refractivity contribution in [2.75, 3.05) is 0 Å². The van der Waals surface area contributed by atoms with Crippen LogP contribution in [-0.4, -0.2) is 0 Å². The van der Waals surface area contributed by atoms with Gasteiger partial charge in [-0.1, -0.05) is 109 Å². The summed E-state index contributed by atoms with van der Waals surface area (Å²) >= 11 is 1.88. The molecule has 0 N–H and O–H groups in total. The van der Waals surface area contributed by atoms with Crippen LogP contribution in [-0.2, 0) is 0 Å². The van der Waals surface area contributed by atoms with Gasteiger partial charge in [0.2, 0.25) is 0 Å². The van der Waals surface area contributed by atoms with Gasteiger partial charge in [0, 0.05) is 30.9 Å². The predicted octanol–water partition coefficient (Wildman–Crippen LogP) is 13.9. The van der Waals surface area contributed by atoms with Gasteiger partial charge in [0.15, 0.2) is 0 Å². The van der Waals surface area contributed by atoms with Gasteiger partial charge in [-0.25, -0.2) is 0 Å². The van der Waals surface area contributed by atoms with Crippen molar-refractivity contribution in [2.24, 2.45) is 0 Å². The molecule has 0 spiro atoms. The van der Waals surface area contributed by atoms with Crippen LogP contribution in [0.25, 0.3) is 107 Å². The van der Waals surface area contributed by atoms with Crippen LogP contribution in [0.4, 0.5) is 0 Å². The van der Waals surface area contributed by atoms with Gasteiger partial charge in [-0.15, -0.1) is 11.3 Å². The van der Waals surface area contributed by atoms with Gasteiger partial charge in [-0.05, 0) is 114 Å². The number of fused-ring (bicyclic) bond motifs is 10. The molecule has 0 saturated heterocycles. The molecule has 2 heterocycles. The largest absolute Gasteiger partial charge is 0.456 e. The molecule has 0 unspecified atom stereocenters. The zero-order valence-corrected chi connectivity index (χ0v) is 26.6. The average Bonchev–Trinajstić information content (AvgIpc) is 3.68. The number of rotatable bonds is 2. The van der Waals surface area contributed by atoms with E-state index < -0.39 is 0 Å². The van der Waals surface area contributed by atoms with Crippen LogP contribution in [0, 0.1) is 0 Å². The monoisotopic (exact) mass is 626 g/mol. The van der Waals surface area contributed by atoms with Gasteiger partial charge in [-0.3, -0.25) is 0 Å². The number of furan rings is 1. The molecule has 9 aromatic carbocycles. The maximum absolute atomic E-state index is 6.27. The first kappa shape index (κ1) is 26.1. The summed E-state index contributed by atoms with van der Waals surface area (Å²) in [7, 11) is 0. The van der Waals surface area contributed by atoms with E-state index in [4.69, 9.17) is 4.42 Å². The number of para-hydroxylation sites is 1. The zero-order chi connectivity index (χ0) is 31.3. The molecule has 0 bridgehead atoms. The molecule has 11 rings (SSSR count). The van der Waals surface area contributed by atoms with Crippen molar-refractivity contribution >= 4 is 96.5 Å². The molecular formula is C46H26OS. The van der Waals surface area contributed by atoms with E-state index in [0.717, 1.165) is 11.2 Å². The summed E-state index contributed by atoms with van der Waals surface area (Å²) in [6.45, 7) is 0. The predicted molar refractivity (Wildman–Crippen MR) is 208 cm³/mol. The Morgan fingerprint density at radius 1 is 0.312 bits per heavy atom. The molecule has 0 fully saturated rings. The molecule has 0 aliphatic carbocycles. The van der Waals surface area contributed by atoms with Crippen molar-refractivity contribution in [3.8, 4) is 22.3 Å². The quantitative estimate of drug-likeness (QED) is 0.174. The van der Waals surface area contributed by atoms with Crippen molar-refractivity contribution in [3.63, 3.8) is 0 Å². The van der Waals surface area contributed by atoms with Crippen molar-refractivity contribution in [2.45, 2.75) is 0 Å². The van der Waals surface area contributed by atoms with Crippen LogP contribution in [0.2, 0.25) is 0 Å². The Labute approximate surface area is 279 Å². The molecule has 0 radical (unpaired) electrons. The fourth-order valence-electron chi connectivity index (χ4n) is 7.99. The second-order valence-electron chi connectivity index (χ2n) is 12.9. The van der Waals surface area contributed by atoms with Crippen LogP contribution in [0.5, 0.6) is 0 Å². The molecule has 1 nitrogen and oxygen atoms in total. The van der Waals surface area contributed by atoms with Gasteiger partial charge in [0.05, 0.1) is 0 Å². The summed E-state index contributed by atoms with van der Waals surface area (Å²) in [6, 6.07) is 58.0. The topological polar surface area (TPSA) is 13.1 Å². The molecule has 0 aliphatic heterocycles. The molecule has 0 amide bonds. The van der Waals surface area contributed by atoms with Crippen molar-refractivity contribution in [1.29, 1.82) is 0 Å². The number of hydrogen-bond acceptors (Lipinski definition) is 2. The van der Waals surface area contributed by atoms with Crippen molar-refractivity contribution in [1.82, 2.24) is 0 Å². The summed E-state index contributed by atoms with van der Waals surface area (Å²) in [5, 5.41) is 15.0. The maximum atomic E-state index is 6.27. The summed E-state index contributed by atoms with van der Waals surface area (Å²) < 4.78 is 8.88. The third-order valence-corrected chi connectivity index (χ3v) is 11.3. The minimum absolute atomic E-state index is 0.936. The van der Waals surface area contributed by atoms with Crippen molar-refractivity contribution in [3.05, 3.63) is 158 Å². The van der Waals surface area contributed by atoms with Crippen LogP contribution in [0.15, 0.2) is 162 Å². The fourth-order valence-corrected chi connectivity index (χ4v) is 9.11. The van der Waals surface area contributed by atoms with E-state index in [-0.39, 0.29) is 0 Å². The van der Waals surface area contributed by atoms with Crippen LogP contribution in [0.3, 0.4) is 0 Å².